The molecular formula is C20H25N3O2. The van der Waals surface area contributed by atoms with Gasteiger partial charge in [0.15, 0.2) is 0 Å². The molecule has 0 saturated carbocycles. The van der Waals surface area contributed by atoms with Crippen LogP contribution in [0.1, 0.15) is 19.4 Å². The fourth-order valence-electron chi connectivity index (χ4n) is 2.47. The van der Waals surface area contributed by atoms with Crippen molar-refractivity contribution >= 4 is 23.5 Å². The zero-order chi connectivity index (χ0) is 18.1. The summed E-state index contributed by atoms with van der Waals surface area (Å²) in [7, 11) is 1.63. The van der Waals surface area contributed by atoms with E-state index in [4.69, 9.17) is 4.74 Å². The number of benzene rings is 2. The number of rotatable bonds is 7. The lowest BCUT2D eigenvalue weighted by atomic mass is 10.2. The fraction of sp³-hybridized carbons (Fsp3) is 0.250. The molecule has 25 heavy (non-hydrogen) atoms. The Labute approximate surface area is 149 Å². The Morgan fingerprint density at radius 1 is 1.12 bits per heavy atom. The van der Waals surface area contributed by atoms with E-state index in [0.29, 0.717) is 0 Å². The summed E-state index contributed by atoms with van der Waals surface area (Å²) < 4.78 is 5.17. The number of hydrogen-bond acceptors (Lipinski definition) is 3. The summed E-state index contributed by atoms with van der Waals surface area (Å²) in [5.74, 6) is 0.778. The topological polar surface area (TPSA) is 53.6 Å². The molecule has 0 aliphatic rings. The van der Waals surface area contributed by atoms with Gasteiger partial charge in [0.25, 0.3) is 0 Å². The second-order valence-electron chi connectivity index (χ2n) is 5.43. The highest BCUT2D eigenvalue weighted by Gasteiger charge is 2.03. The standard InChI is InChI=1S/C20H25N3O2/c1-4-23(5-2)18-11-9-17(10-12-18)22-20(24)21-14-13-16-7-6-8-19(15-16)25-3/h6-15H,4-5H2,1-3H3,(H2,21,22,24)/b14-13+. The van der Waals surface area contributed by atoms with Crippen LogP contribution < -0.4 is 20.3 Å². The Morgan fingerprint density at radius 3 is 2.48 bits per heavy atom. The third-order valence-corrected chi connectivity index (χ3v) is 3.84. The molecule has 132 valence electrons. The van der Waals surface area contributed by atoms with Crippen LogP contribution in [-0.2, 0) is 0 Å². The lowest BCUT2D eigenvalue weighted by Crippen LogP contribution is -2.24. The predicted molar refractivity (Wildman–Crippen MR) is 104 cm³/mol. The smallest absolute Gasteiger partial charge is 0.323 e. The van der Waals surface area contributed by atoms with E-state index in [1.165, 1.54) is 0 Å². The van der Waals surface area contributed by atoms with Crippen LogP contribution in [0.5, 0.6) is 5.75 Å². The molecule has 2 N–H and O–H groups in total. The van der Waals surface area contributed by atoms with Crippen LogP contribution in [0.25, 0.3) is 6.08 Å². The third-order valence-electron chi connectivity index (χ3n) is 3.84. The number of urea groups is 1. The largest absolute Gasteiger partial charge is 0.497 e. The number of nitrogens with zero attached hydrogens (tertiary/aromatic N) is 1. The molecule has 0 heterocycles. The average Bonchev–Trinajstić information content (AvgIpc) is 2.64. The second kappa shape index (κ2) is 9.37. The van der Waals surface area contributed by atoms with Crippen molar-refractivity contribution in [3.8, 4) is 5.75 Å². The molecule has 0 aliphatic carbocycles. The van der Waals surface area contributed by atoms with Crippen LogP contribution in [-0.4, -0.2) is 26.2 Å². The van der Waals surface area contributed by atoms with Gasteiger partial charge in [-0.1, -0.05) is 12.1 Å². The van der Waals surface area contributed by atoms with Crippen LogP contribution in [0.15, 0.2) is 54.7 Å². The summed E-state index contributed by atoms with van der Waals surface area (Å²) in [5.41, 5.74) is 2.85. The van der Waals surface area contributed by atoms with Crippen molar-refractivity contribution < 1.29 is 9.53 Å². The predicted octanol–water partition coefficient (Wildman–Crippen LogP) is 4.33. The number of carbonyl (C=O) groups is 1. The van der Waals surface area contributed by atoms with Crippen molar-refractivity contribution in [1.29, 1.82) is 0 Å². The Morgan fingerprint density at radius 2 is 1.84 bits per heavy atom. The normalized spacial score (nSPS) is 10.5. The maximum absolute atomic E-state index is 11.9. The lowest BCUT2D eigenvalue weighted by molar-refractivity contribution is 0.255. The van der Waals surface area contributed by atoms with Crippen molar-refractivity contribution in [3.63, 3.8) is 0 Å². The number of ether oxygens (including phenoxy) is 1. The van der Waals surface area contributed by atoms with E-state index in [1.54, 1.807) is 13.3 Å². The molecule has 0 aliphatic heterocycles. The first-order chi connectivity index (χ1) is 12.2. The Kier molecular flexibility index (Phi) is 6.89. The van der Waals surface area contributed by atoms with Crippen molar-refractivity contribution in [2.24, 2.45) is 0 Å². The van der Waals surface area contributed by atoms with E-state index in [9.17, 15) is 4.79 Å². The number of nitrogens with one attached hydrogen (secondary N) is 2. The SMILES string of the molecule is CCN(CC)c1ccc(NC(=O)N/C=C/c2cccc(OC)c2)cc1. The van der Waals surface area contributed by atoms with Crippen molar-refractivity contribution in [2.75, 3.05) is 30.4 Å². The molecule has 0 bridgehead atoms. The molecule has 2 aromatic carbocycles. The van der Waals surface area contributed by atoms with Crippen LogP contribution in [0.3, 0.4) is 0 Å². The fourth-order valence-corrected chi connectivity index (χ4v) is 2.47. The second-order valence-corrected chi connectivity index (χ2v) is 5.43. The molecule has 0 saturated heterocycles. The summed E-state index contributed by atoms with van der Waals surface area (Å²) >= 11 is 0. The van der Waals surface area contributed by atoms with Crippen molar-refractivity contribution in [1.82, 2.24) is 5.32 Å². The van der Waals surface area contributed by atoms with Crippen LogP contribution >= 0.6 is 0 Å². The minimum Gasteiger partial charge on any atom is -0.497 e. The molecule has 5 nitrogen and oxygen atoms in total. The number of hydrogen-bond donors (Lipinski definition) is 2. The van der Waals surface area contributed by atoms with E-state index in [1.807, 2.05) is 54.6 Å². The van der Waals surface area contributed by atoms with Crippen molar-refractivity contribution in [3.05, 3.63) is 60.3 Å². The lowest BCUT2D eigenvalue weighted by Gasteiger charge is -2.21. The van der Waals surface area contributed by atoms with Gasteiger partial charge >= 0.3 is 6.03 Å². The third kappa shape index (κ3) is 5.57. The first-order valence-corrected chi connectivity index (χ1v) is 8.39. The monoisotopic (exact) mass is 339 g/mol. The van der Waals surface area contributed by atoms with E-state index < -0.39 is 0 Å². The number of amides is 2. The van der Waals surface area contributed by atoms with Gasteiger partial charge in [-0.25, -0.2) is 4.79 Å². The maximum atomic E-state index is 11.9. The highest BCUT2D eigenvalue weighted by molar-refractivity contribution is 5.90. The highest BCUT2D eigenvalue weighted by Crippen LogP contribution is 2.17. The minimum atomic E-state index is -0.283. The van der Waals surface area contributed by atoms with Gasteiger partial charge in [0.1, 0.15) is 5.75 Å². The summed E-state index contributed by atoms with van der Waals surface area (Å²) in [5, 5.41) is 5.50. The summed E-state index contributed by atoms with van der Waals surface area (Å²) in [4.78, 5) is 14.2. The highest BCUT2D eigenvalue weighted by atomic mass is 16.5. The van der Waals surface area contributed by atoms with Gasteiger partial charge in [-0.05, 0) is 61.9 Å². The Hall–Kier alpha value is -2.95. The summed E-state index contributed by atoms with van der Waals surface area (Å²) in [6, 6.07) is 15.1. The van der Waals surface area contributed by atoms with Gasteiger partial charge in [0.2, 0.25) is 0 Å². The Bertz CT molecular complexity index is 707. The quantitative estimate of drug-likeness (QED) is 0.789. The van der Waals surface area contributed by atoms with Gasteiger partial charge in [0, 0.05) is 30.7 Å². The molecule has 0 aromatic heterocycles. The first-order valence-electron chi connectivity index (χ1n) is 8.39. The van der Waals surface area contributed by atoms with Gasteiger partial charge in [-0.3, -0.25) is 0 Å². The molecule has 2 rings (SSSR count). The number of methoxy groups -OCH3 is 1. The maximum Gasteiger partial charge on any atom is 0.323 e. The van der Waals surface area contributed by atoms with Gasteiger partial charge < -0.3 is 20.3 Å². The Balaban J connectivity index is 1.88. The van der Waals surface area contributed by atoms with Crippen molar-refractivity contribution in [2.45, 2.75) is 13.8 Å². The molecule has 0 unspecified atom stereocenters. The van der Waals surface area contributed by atoms with Gasteiger partial charge in [-0.2, -0.15) is 0 Å². The molecule has 2 aromatic rings. The minimum absolute atomic E-state index is 0.283. The van der Waals surface area contributed by atoms with Crippen LogP contribution in [0.2, 0.25) is 0 Å². The molecule has 0 spiro atoms. The first kappa shape index (κ1) is 18.4. The summed E-state index contributed by atoms with van der Waals surface area (Å²) in [6.45, 7) is 6.16. The van der Waals surface area contributed by atoms with Gasteiger partial charge in [0.05, 0.1) is 7.11 Å². The van der Waals surface area contributed by atoms with E-state index in [0.717, 1.165) is 35.8 Å². The number of carbonyl (C=O) groups excluding carboxylic acids is 1. The zero-order valence-electron chi connectivity index (χ0n) is 15.0. The van der Waals surface area contributed by atoms with Crippen LogP contribution in [0, 0.1) is 0 Å². The summed E-state index contributed by atoms with van der Waals surface area (Å²) in [6.07, 6.45) is 3.42. The molecule has 5 heteroatoms. The number of anilines is 2. The molecule has 0 atom stereocenters. The van der Waals surface area contributed by atoms with Gasteiger partial charge in [-0.15, -0.1) is 0 Å². The molecule has 0 radical (unpaired) electrons. The van der Waals surface area contributed by atoms with E-state index in [-0.39, 0.29) is 6.03 Å². The van der Waals surface area contributed by atoms with E-state index >= 15 is 0 Å². The molecule has 2 amide bonds. The average molecular weight is 339 g/mol. The zero-order valence-corrected chi connectivity index (χ0v) is 15.0. The van der Waals surface area contributed by atoms with E-state index in [2.05, 4.69) is 29.4 Å². The molecule has 0 fully saturated rings. The molecular weight excluding hydrogens is 314 g/mol. The van der Waals surface area contributed by atoms with Crippen LogP contribution in [0.4, 0.5) is 16.2 Å².